The molecule has 1 aliphatic heterocycles. The van der Waals surface area contributed by atoms with E-state index in [1.54, 1.807) is 18.7 Å². The summed E-state index contributed by atoms with van der Waals surface area (Å²) in [5.41, 5.74) is 3.17. The molecule has 8 nitrogen and oxygen atoms in total. The zero-order chi connectivity index (χ0) is 20.3. The van der Waals surface area contributed by atoms with Crippen LogP contribution in [0.2, 0.25) is 0 Å². The van der Waals surface area contributed by atoms with E-state index in [1.165, 1.54) is 0 Å². The maximum absolute atomic E-state index is 5.93. The van der Waals surface area contributed by atoms with Gasteiger partial charge in [-0.3, -0.25) is 4.98 Å². The molecule has 0 saturated carbocycles. The van der Waals surface area contributed by atoms with Crippen molar-refractivity contribution in [1.29, 1.82) is 0 Å². The van der Waals surface area contributed by atoms with Gasteiger partial charge < -0.3 is 14.6 Å². The summed E-state index contributed by atoms with van der Waals surface area (Å²) < 4.78 is 7.85. The highest BCUT2D eigenvalue weighted by atomic mass is 16.5. The summed E-state index contributed by atoms with van der Waals surface area (Å²) in [7, 11) is 0. The van der Waals surface area contributed by atoms with Gasteiger partial charge in [-0.15, -0.1) is 0 Å². The summed E-state index contributed by atoms with van der Waals surface area (Å²) in [6, 6.07) is 12.0. The maximum Gasteiger partial charge on any atom is 0.188 e. The first-order chi connectivity index (χ1) is 14.8. The first kappa shape index (κ1) is 18.4. The standard InChI is InChI=1S/C22H23N7O/c1-2-3-12-28-15-29-22(20-21(28)25-14-24-20)26-19(27-29)13-30-18-6-4-16(5-7-18)17-8-10-23-11-9-17/h4-11,14H,2-3,12-13,15H2,1H3,(H,24,25). The average Bonchev–Trinajstić information content (AvgIpc) is 3.44. The lowest BCUT2D eigenvalue weighted by molar-refractivity contribution is 0.295. The molecule has 0 saturated heterocycles. The second-order valence-corrected chi connectivity index (χ2v) is 7.26. The van der Waals surface area contributed by atoms with Crippen molar-refractivity contribution in [3.05, 3.63) is 60.9 Å². The van der Waals surface area contributed by atoms with Gasteiger partial charge in [-0.25, -0.2) is 14.6 Å². The Hall–Kier alpha value is -3.68. The molecule has 4 aromatic rings. The van der Waals surface area contributed by atoms with Crippen molar-refractivity contribution in [2.24, 2.45) is 0 Å². The van der Waals surface area contributed by atoms with Crippen LogP contribution >= 0.6 is 0 Å². The van der Waals surface area contributed by atoms with Crippen LogP contribution in [0.4, 0.5) is 5.82 Å². The number of aromatic nitrogens is 6. The van der Waals surface area contributed by atoms with E-state index in [9.17, 15) is 0 Å². The molecule has 152 valence electrons. The highest BCUT2D eigenvalue weighted by Crippen LogP contribution is 2.31. The van der Waals surface area contributed by atoms with E-state index in [0.29, 0.717) is 19.1 Å². The molecule has 0 amide bonds. The molecule has 1 aromatic carbocycles. The lowest BCUT2D eigenvalue weighted by atomic mass is 10.1. The number of pyridine rings is 1. The third kappa shape index (κ3) is 3.52. The maximum atomic E-state index is 5.93. The third-order valence-electron chi connectivity index (χ3n) is 5.18. The molecule has 0 fully saturated rings. The smallest absolute Gasteiger partial charge is 0.188 e. The number of aromatic amines is 1. The number of nitrogens with one attached hydrogen (secondary N) is 1. The molecule has 0 spiro atoms. The Morgan fingerprint density at radius 2 is 1.87 bits per heavy atom. The average molecular weight is 401 g/mol. The van der Waals surface area contributed by atoms with E-state index in [0.717, 1.165) is 53.6 Å². The summed E-state index contributed by atoms with van der Waals surface area (Å²) in [4.78, 5) is 18.7. The summed E-state index contributed by atoms with van der Waals surface area (Å²) in [6.45, 7) is 4.10. The number of hydrogen-bond donors (Lipinski definition) is 1. The quantitative estimate of drug-likeness (QED) is 0.506. The number of hydrogen-bond acceptors (Lipinski definition) is 6. The van der Waals surface area contributed by atoms with Crippen LogP contribution in [0.25, 0.3) is 22.6 Å². The van der Waals surface area contributed by atoms with Crippen molar-refractivity contribution in [3.8, 4) is 28.4 Å². The minimum Gasteiger partial charge on any atom is -0.486 e. The Labute approximate surface area is 174 Å². The summed E-state index contributed by atoms with van der Waals surface area (Å²) in [6.07, 6.45) is 7.55. The molecule has 30 heavy (non-hydrogen) atoms. The molecule has 5 rings (SSSR count). The van der Waals surface area contributed by atoms with Crippen molar-refractivity contribution in [3.63, 3.8) is 0 Å². The van der Waals surface area contributed by atoms with Crippen molar-refractivity contribution in [2.45, 2.75) is 33.0 Å². The van der Waals surface area contributed by atoms with Crippen LogP contribution in [0.15, 0.2) is 55.1 Å². The van der Waals surface area contributed by atoms with Gasteiger partial charge in [0.2, 0.25) is 0 Å². The molecule has 8 heteroatoms. The normalized spacial score (nSPS) is 12.5. The van der Waals surface area contributed by atoms with Crippen molar-refractivity contribution >= 4 is 5.82 Å². The van der Waals surface area contributed by atoms with Crippen LogP contribution in [0, 0.1) is 0 Å². The fourth-order valence-electron chi connectivity index (χ4n) is 3.62. The molecular weight excluding hydrogens is 378 g/mol. The molecule has 0 unspecified atom stereocenters. The lowest BCUT2D eigenvalue weighted by Gasteiger charge is -2.27. The van der Waals surface area contributed by atoms with Gasteiger partial charge in [-0.2, -0.15) is 5.10 Å². The largest absolute Gasteiger partial charge is 0.486 e. The molecule has 1 N–H and O–H groups in total. The van der Waals surface area contributed by atoms with Crippen molar-refractivity contribution in [2.75, 3.05) is 11.4 Å². The van der Waals surface area contributed by atoms with Gasteiger partial charge >= 0.3 is 0 Å². The van der Waals surface area contributed by atoms with Gasteiger partial charge in [0, 0.05) is 18.9 Å². The van der Waals surface area contributed by atoms with Gasteiger partial charge in [0.15, 0.2) is 17.5 Å². The fraction of sp³-hybridized carbons (Fsp3) is 0.273. The molecule has 0 bridgehead atoms. The molecule has 4 heterocycles. The second kappa shape index (κ2) is 7.98. The van der Waals surface area contributed by atoms with Crippen LogP contribution in [-0.4, -0.2) is 36.3 Å². The predicted octanol–water partition coefficient (Wildman–Crippen LogP) is 3.89. The van der Waals surface area contributed by atoms with E-state index in [4.69, 9.17) is 4.74 Å². The predicted molar refractivity (Wildman–Crippen MR) is 114 cm³/mol. The highest BCUT2D eigenvalue weighted by molar-refractivity contribution is 5.69. The summed E-state index contributed by atoms with van der Waals surface area (Å²) >= 11 is 0. The number of fused-ring (bicyclic) bond motifs is 3. The number of anilines is 1. The summed E-state index contributed by atoms with van der Waals surface area (Å²) in [5.74, 6) is 3.19. The van der Waals surface area contributed by atoms with E-state index >= 15 is 0 Å². The zero-order valence-electron chi connectivity index (χ0n) is 16.8. The Bertz CT molecular complexity index is 1120. The molecule has 1 aliphatic rings. The number of H-pyrrole nitrogens is 1. The number of unbranched alkanes of at least 4 members (excludes halogenated alkanes) is 1. The molecule has 0 atom stereocenters. The van der Waals surface area contributed by atoms with Crippen LogP contribution in [-0.2, 0) is 13.3 Å². The van der Waals surface area contributed by atoms with Crippen LogP contribution in [0.5, 0.6) is 5.75 Å². The summed E-state index contributed by atoms with van der Waals surface area (Å²) in [5, 5.41) is 4.65. The Morgan fingerprint density at radius 3 is 2.67 bits per heavy atom. The molecule has 0 aliphatic carbocycles. The van der Waals surface area contributed by atoms with E-state index in [1.807, 2.05) is 41.1 Å². The number of benzene rings is 1. The zero-order valence-corrected chi connectivity index (χ0v) is 16.8. The van der Waals surface area contributed by atoms with Gasteiger partial charge in [-0.1, -0.05) is 25.5 Å². The lowest BCUT2D eigenvalue weighted by Crippen LogP contribution is -2.32. The van der Waals surface area contributed by atoms with E-state index < -0.39 is 0 Å². The first-order valence-corrected chi connectivity index (χ1v) is 10.2. The number of nitrogens with zero attached hydrogens (tertiary/aromatic N) is 6. The third-order valence-corrected chi connectivity index (χ3v) is 5.18. The highest BCUT2D eigenvalue weighted by Gasteiger charge is 2.27. The minimum absolute atomic E-state index is 0.313. The van der Waals surface area contributed by atoms with Gasteiger partial charge in [-0.05, 0) is 41.8 Å². The van der Waals surface area contributed by atoms with Gasteiger partial charge in [0.1, 0.15) is 24.7 Å². The van der Waals surface area contributed by atoms with Gasteiger partial charge in [0.05, 0.1) is 6.33 Å². The number of ether oxygens (including phenoxy) is 1. The van der Waals surface area contributed by atoms with Crippen LogP contribution < -0.4 is 9.64 Å². The molecule has 0 radical (unpaired) electrons. The van der Waals surface area contributed by atoms with E-state index in [2.05, 4.69) is 36.9 Å². The SMILES string of the molecule is CCCCN1Cn2nc(COc3ccc(-c4ccncc4)cc3)nc2-c2[nH]cnc21. The van der Waals surface area contributed by atoms with Crippen LogP contribution in [0.3, 0.4) is 0 Å². The fourth-order valence-corrected chi connectivity index (χ4v) is 3.62. The Balaban J connectivity index is 1.29. The van der Waals surface area contributed by atoms with Crippen molar-refractivity contribution < 1.29 is 4.74 Å². The number of rotatable bonds is 7. The Morgan fingerprint density at radius 1 is 1.07 bits per heavy atom. The topological polar surface area (TPSA) is 84.8 Å². The molecule has 3 aromatic heterocycles. The van der Waals surface area contributed by atoms with Crippen LogP contribution in [0.1, 0.15) is 25.6 Å². The second-order valence-electron chi connectivity index (χ2n) is 7.26. The first-order valence-electron chi connectivity index (χ1n) is 10.2. The minimum atomic E-state index is 0.313. The molecular formula is C22H23N7O. The number of imidazole rings is 1. The van der Waals surface area contributed by atoms with Gasteiger partial charge in [0.25, 0.3) is 0 Å². The van der Waals surface area contributed by atoms with Crippen molar-refractivity contribution in [1.82, 2.24) is 29.7 Å². The Kier molecular flexibility index (Phi) is 4.88. The van der Waals surface area contributed by atoms with E-state index in [-0.39, 0.29) is 0 Å². The monoisotopic (exact) mass is 401 g/mol.